The van der Waals surface area contributed by atoms with Crippen molar-refractivity contribution in [3.05, 3.63) is 72.8 Å². The molecule has 2 heterocycles. The summed E-state index contributed by atoms with van der Waals surface area (Å²) in [6.45, 7) is 0. The molecular formula is C22H17N3O5S2. The van der Waals surface area contributed by atoms with Crippen molar-refractivity contribution in [1.82, 2.24) is 15.2 Å². The summed E-state index contributed by atoms with van der Waals surface area (Å²) < 4.78 is 55.2. The number of sulfone groups is 1. The monoisotopic (exact) mass is 467 g/mol. The first kappa shape index (κ1) is 20.3. The fraction of sp³-hybridized carbons (Fsp3) is 0.0455. The Kier molecular flexibility index (Phi) is 4.57. The van der Waals surface area contributed by atoms with Gasteiger partial charge in [-0.3, -0.25) is 5.10 Å². The van der Waals surface area contributed by atoms with Crippen LogP contribution in [0.25, 0.3) is 33.2 Å². The molecule has 5 rings (SSSR count). The van der Waals surface area contributed by atoms with E-state index in [2.05, 4.69) is 15.2 Å². The zero-order valence-electron chi connectivity index (χ0n) is 16.7. The number of hydrogen-bond acceptors (Lipinski definition) is 6. The smallest absolute Gasteiger partial charge is 0.340 e. The van der Waals surface area contributed by atoms with E-state index in [9.17, 15) is 16.8 Å². The van der Waals surface area contributed by atoms with Gasteiger partial charge in [-0.15, -0.1) is 0 Å². The summed E-state index contributed by atoms with van der Waals surface area (Å²) in [5.41, 5.74) is 3.02. The Morgan fingerprint density at radius 2 is 1.53 bits per heavy atom. The number of benzene rings is 3. The van der Waals surface area contributed by atoms with E-state index in [-0.39, 0.29) is 10.6 Å². The summed E-state index contributed by atoms with van der Waals surface area (Å²) in [5.74, 6) is 0.0413. The number of hydrogen-bond donors (Lipinski definition) is 2. The third-order valence-electron chi connectivity index (χ3n) is 5.04. The summed E-state index contributed by atoms with van der Waals surface area (Å²) in [5, 5.41) is 8.96. The van der Waals surface area contributed by atoms with Gasteiger partial charge in [-0.2, -0.15) is 13.5 Å². The lowest BCUT2D eigenvalue weighted by Gasteiger charge is -2.10. The molecule has 0 aliphatic heterocycles. The van der Waals surface area contributed by atoms with Crippen LogP contribution < -0.4 is 4.18 Å². The van der Waals surface area contributed by atoms with E-state index in [0.717, 1.165) is 22.9 Å². The van der Waals surface area contributed by atoms with Crippen molar-refractivity contribution < 1.29 is 21.0 Å². The third-order valence-corrected chi connectivity index (χ3v) is 7.63. The summed E-state index contributed by atoms with van der Waals surface area (Å²) in [4.78, 5) is 2.57. The van der Waals surface area contributed by atoms with Crippen molar-refractivity contribution in [3.8, 4) is 17.1 Å². The first-order valence-electron chi connectivity index (χ1n) is 9.52. The molecule has 0 aliphatic carbocycles. The van der Waals surface area contributed by atoms with Crippen LogP contribution in [0, 0.1) is 0 Å². The Hall–Kier alpha value is -3.63. The maximum atomic E-state index is 12.9. The molecule has 0 radical (unpaired) electrons. The molecule has 0 saturated carbocycles. The number of rotatable bonds is 5. The van der Waals surface area contributed by atoms with E-state index in [1.165, 1.54) is 30.3 Å². The molecule has 0 atom stereocenters. The molecule has 0 spiro atoms. The van der Waals surface area contributed by atoms with Crippen LogP contribution in [0.15, 0.2) is 82.6 Å². The summed E-state index contributed by atoms with van der Waals surface area (Å²) in [6, 6.07) is 19.8. The van der Waals surface area contributed by atoms with E-state index in [4.69, 9.17) is 4.18 Å². The average molecular weight is 468 g/mol. The lowest BCUT2D eigenvalue weighted by Crippen LogP contribution is -2.14. The van der Waals surface area contributed by atoms with Crippen molar-refractivity contribution >= 4 is 41.8 Å². The number of para-hydroxylation sites is 1. The van der Waals surface area contributed by atoms with E-state index in [1.807, 2.05) is 30.3 Å². The summed E-state index contributed by atoms with van der Waals surface area (Å²) in [6.07, 6.45) is 0.950. The van der Waals surface area contributed by atoms with Crippen LogP contribution in [0.3, 0.4) is 0 Å². The molecule has 162 valence electrons. The molecule has 0 fully saturated rings. The van der Waals surface area contributed by atoms with Gasteiger partial charge >= 0.3 is 10.1 Å². The number of nitrogens with one attached hydrogen (secondary N) is 2. The molecule has 0 bridgehead atoms. The largest absolute Gasteiger partial charge is 0.379 e. The molecule has 2 aromatic heterocycles. The van der Waals surface area contributed by atoms with Crippen molar-refractivity contribution in [2.75, 3.05) is 6.26 Å². The first-order valence-corrected chi connectivity index (χ1v) is 12.8. The molecule has 0 amide bonds. The highest BCUT2D eigenvalue weighted by Crippen LogP contribution is 2.32. The second-order valence-corrected chi connectivity index (χ2v) is 10.8. The van der Waals surface area contributed by atoms with Gasteiger partial charge in [0.2, 0.25) is 0 Å². The van der Waals surface area contributed by atoms with Gasteiger partial charge < -0.3 is 9.17 Å². The number of H-pyrrole nitrogens is 2. The minimum absolute atomic E-state index is 0.0413. The Morgan fingerprint density at radius 1 is 0.812 bits per heavy atom. The minimum Gasteiger partial charge on any atom is -0.379 e. The van der Waals surface area contributed by atoms with Crippen molar-refractivity contribution in [3.63, 3.8) is 0 Å². The van der Waals surface area contributed by atoms with Crippen LogP contribution in [0.2, 0.25) is 0 Å². The first-order chi connectivity index (χ1) is 15.2. The van der Waals surface area contributed by atoms with Gasteiger partial charge in [-0.05, 0) is 42.5 Å². The van der Waals surface area contributed by atoms with E-state index in [0.29, 0.717) is 16.6 Å². The predicted octanol–water partition coefficient (Wildman–Crippen LogP) is 3.88. The Balaban J connectivity index is 1.57. The number of aromatic amines is 2. The van der Waals surface area contributed by atoms with Crippen molar-refractivity contribution in [2.45, 2.75) is 9.79 Å². The Morgan fingerprint density at radius 3 is 2.28 bits per heavy atom. The van der Waals surface area contributed by atoms with E-state index >= 15 is 0 Å². The highest BCUT2D eigenvalue weighted by atomic mass is 32.2. The molecule has 5 aromatic rings. The Labute approximate surface area is 183 Å². The van der Waals surface area contributed by atoms with Gasteiger partial charge in [-0.1, -0.05) is 30.3 Å². The second kappa shape index (κ2) is 7.21. The topological polar surface area (TPSA) is 122 Å². The van der Waals surface area contributed by atoms with Crippen LogP contribution in [0.4, 0.5) is 0 Å². The van der Waals surface area contributed by atoms with Crippen LogP contribution in [-0.4, -0.2) is 38.3 Å². The fourth-order valence-electron chi connectivity index (χ4n) is 3.59. The molecule has 32 heavy (non-hydrogen) atoms. The molecular weight excluding hydrogens is 450 g/mol. The van der Waals surface area contributed by atoms with Gasteiger partial charge in [-0.25, -0.2) is 8.42 Å². The standard InChI is InChI=1S/C22H17N3O5S2/c1-31(26,27)20-8-4-5-9-21(20)32(28,29)30-15-10-11-18-16(13-15)22(25-24-18)19-12-14-6-2-3-7-17(14)23-19/h2-13,23H,1H3,(H,24,25). The number of nitrogens with zero attached hydrogens (tertiary/aromatic N) is 1. The molecule has 2 N–H and O–H groups in total. The zero-order chi connectivity index (χ0) is 22.5. The Bertz CT molecular complexity index is 1670. The molecule has 8 nitrogen and oxygen atoms in total. The van der Waals surface area contributed by atoms with E-state index < -0.39 is 24.9 Å². The molecule has 3 aromatic carbocycles. The maximum Gasteiger partial charge on any atom is 0.340 e. The summed E-state index contributed by atoms with van der Waals surface area (Å²) >= 11 is 0. The molecule has 0 unspecified atom stereocenters. The van der Waals surface area contributed by atoms with Crippen LogP contribution in [0.1, 0.15) is 0 Å². The molecule has 10 heteroatoms. The summed E-state index contributed by atoms with van der Waals surface area (Å²) in [7, 11) is -8.16. The van der Waals surface area contributed by atoms with Gasteiger partial charge in [0, 0.05) is 22.5 Å². The molecule has 0 saturated heterocycles. The van der Waals surface area contributed by atoms with Gasteiger partial charge in [0.05, 0.1) is 16.1 Å². The van der Waals surface area contributed by atoms with Crippen LogP contribution >= 0.6 is 0 Å². The van der Waals surface area contributed by atoms with E-state index in [1.54, 1.807) is 12.1 Å². The van der Waals surface area contributed by atoms with Gasteiger partial charge in [0.1, 0.15) is 16.3 Å². The van der Waals surface area contributed by atoms with Gasteiger partial charge in [0.15, 0.2) is 9.84 Å². The lowest BCUT2D eigenvalue weighted by atomic mass is 10.1. The average Bonchev–Trinajstić information content (AvgIpc) is 3.36. The minimum atomic E-state index is -4.39. The van der Waals surface area contributed by atoms with Crippen LogP contribution in [-0.2, 0) is 20.0 Å². The normalized spacial score (nSPS) is 12.4. The predicted molar refractivity (Wildman–Crippen MR) is 121 cm³/mol. The number of fused-ring (bicyclic) bond motifs is 2. The fourth-order valence-corrected chi connectivity index (χ4v) is 6.11. The number of aromatic nitrogens is 3. The molecule has 0 aliphatic rings. The van der Waals surface area contributed by atoms with Crippen LogP contribution in [0.5, 0.6) is 5.75 Å². The van der Waals surface area contributed by atoms with Gasteiger partial charge in [0.25, 0.3) is 0 Å². The lowest BCUT2D eigenvalue weighted by molar-refractivity contribution is 0.483. The highest BCUT2D eigenvalue weighted by Gasteiger charge is 2.25. The zero-order valence-corrected chi connectivity index (χ0v) is 18.4. The van der Waals surface area contributed by atoms with Crippen molar-refractivity contribution in [2.24, 2.45) is 0 Å². The second-order valence-electron chi connectivity index (χ2n) is 7.31. The van der Waals surface area contributed by atoms with Crippen molar-refractivity contribution in [1.29, 1.82) is 0 Å². The SMILES string of the molecule is CS(=O)(=O)c1ccccc1S(=O)(=O)Oc1ccc2[nH]nc(-c3cc4ccccc4[nH]3)c2c1. The highest BCUT2D eigenvalue weighted by molar-refractivity contribution is 7.92. The maximum absolute atomic E-state index is 12.9. The third kappa shape index (κ3) is 3.53. The quantitative estimate of drug-likeness (QED) is 0.378.